The summed E-state index contributed by atoms with van der Waals surface area (Å²) in [4.78, 5) is 17.0. The number of thioether (sulfide) groups is 1. The molecule has 0 fully saturated rings. The summed E-state index contributed by atoms with van der Waals surface area (Å²) in [5.74, 6) is 0.905. The molecule has 0 radical (unpaired) electrons. The van der Waals surface area contributed by atoms with Crippen molar-refractivity contribution in [2.24, 2.45) is 0 Å². The summed E-state index contributed by atoms with van der Waals surface area (Å²) < 4.78 is 23.6. The molecule has 1 heterocycles. The number of carbonyl (C=O) groups excluding carboxylic acids is 1. The smallest absolute Gasteiger partial charge is 0.234 e. The lowest BCUT2D eigenvalue weighted by Crippen LogP contribution is -2.14. The first-order chi connectivity index (χ1) is 16.6. The van der Waals surface area contributed by atoms with E-state index < -0.39 is 0 Å². The molecule has 172 valence electrons. The van der Waals surface area contributed by atoms with E-state index in [0.29, 0.717) is 22.2 Å². The Bertz CT molecular complexity index is 1270. The molecule has 0 atom stereocenters. The standard InChI is InChI=1S/C25H21FN4O3S/c1-32-20-11-3-16(4-12-20)23-24(17-5-13-21(33-2)14-6-17)29-30-25(28-23)34-15-22(31)27-19-9-7-18(26)8-10-19/h3-14H,15H2,1-2H3,(H,27,31). The van der Waals surface area contributed by atoms with Crippen molar-refractivity contribution in [2.45, 2.75) is 5.16 Å². The van der Waals surface area contributed by atoms with Gasteiger partial charge < -0.3 is 14.8 Å². The Kier molecular flexibility index (Phi) is 7.34. The molecule has 0 bridgehead atoms. The summed E-state index contributed by atoms with van der Waals surface area (Å²) >= 11 is 1.16. The molecule has 0 aliphatic carbocycles. The van der Waals surface area contributed by atoms with Crippen molar-refractivity contribution in [1.82, 2.24) is 15.2 Å². The van der Waals surface area contributed by atoms with Gasteiger partial charge >= 0.3 is 0 Å². The van der Waals surface area contributed by atoms with E-state index in [-0.39, 0.29) is 17.5 Å². The van der Waals surface area contributed by atoms with Gasteiger partial charge in [-0.05, 0) is 72.8 Å². The van der Waals surface area contributed by atoms with Crippen molar-refractivity contribution in [3.05, 3.63) is 78.6 Å². The van der Waals surface area contributed by atoms with Gasteiger partial charge in [-0.15, -0.1) is 10.2 Å². The van der Waals surface area contributed by atoms with E-state index in [0.717, 1.165) is 34.4 Å². The number of anilines is 1. The Morgan fingerprint density at radius 2 is 1.38 bits per heavy atom. The van der Waals surface area contributed by atoms with Gasteiger partial charge in [0, 0.05) is 16.8 Å². The second-order valence-corrected chi connectivity index (χ2v) is 8.03. The summed E-state index contributed by atoms with van der Waals surface area (Å²) in [7, 11) is 3.22. The molecule has 4 rings (SSSR count). The number of aromatic nitrogens is 3. The van der Waals surface area contributed by atoms with Crippen LogP contribution in [-0.2, 0) is 4.79 Å². The van der Waals surface area contributed by atoms with E-state index in [9.17, 15) is 9.18 Å². The number of methoxy groups -OCH3 is 2. The summed E-state index contributed by atoms with van der Waals surface area (Å²) in [5.41, 5.74) is 3.41. The van der Waals surface area contributed by atoms with Gasteiger partial charge in [0.25, 0.3) is 0 Å². The lowest BCUT2D eigenvalue weighted by Gasteiger charge is -2.11. The fraction of sp³-hybridized carbons (Fsp3) is 0.120. The van der Waals surface area contributed by atoms with Crippen LogP contribution < -0.4 is 14.8 Å². The van der Waals surface area contributed by atoms with E-state index in [1.165, 1.54) is 24.3 Å². The van der Waals surface area contributed by atoms with Gasteiger partial charge in [-0.3, -0.25) is 4.79 Å². The highest BCUT2D eigenvalue weighted by molar-refractivity contribution is 7.99. The van der Waals surface area contributed by atoms with Crippen molar-refractivity contribution in [3.63, 3.8) is 0 Å². The molecule has 0 saturated carbocycles. The minimum Gasteiger partial charge on any atom is -0.497 e. The maximum absolute atomic E-state index is 13.1. The molecular weight excluding hydrogens is 455 g/mol. The van der Waals surface area contributed by atoms with E-state index in [1.54, 1.807) is 14.2 Å². The summed E-state index contributed by atoms with van der Waals surface area (Å²) in [6.07, 6.45) is 0. The molecule has 7 nitrogen and oxygen atoms in total. The van der Waals surface area contributed by atoms with Crippen molar-refractivity contribution in [2.75, 3.05) is 25.3 Å². The molecule has 1 aromatic heterocycles. The Hall–Kier alpha value is -3.98. The number of rotatable bonds is 8. The highest BCUT2D eigenvalue weighted by Crippen LogP contribution is 2.31. The molecule has 4 aromatic rings. The van der Waals surface area contributed by atoms with Crippen molar-refractivity contribution in [1.29, 1.82) is 0 Å². The highest BCUT2D eigenvalue weighted by atomic mass is 32.2. The molecule has 0 aliphatic rings. The van der Waals surface area contributed by atoms with Crippen LogP contribution in [0.25, 0.3) is 22.5 Å². The number of amides is 1. The van der Waals surface area contributed by atoms with Crippen LogP contribution in [-0.4, -0.2) is 41.1 Å². The normalized spacial score (nSPS) is 10.6. The van der Waals surface area contributed by atoms with E-state index >= 15 is 0 Å². The molecule has 0 aliphatic heterocycles. The largest absolute Gasteiger partial charge is 0.497 e. The molecule has 1 amide bonds. The number of hydrogen-bond acceptors (Lipinski definition) is 7. The van der Waals surface area contributed by atoms with Gasteiger partial charge in [0.05, 0.1) is 20.0 Å². The first-order valence-electron chi connectivity index (χ1n) is 10.3. The van der Waals surface area contributed by atoms with Gasteiger partial charge in [-0.2, -0.15) is 0 Å². The van der Waals surface area contributed by atoms with Crippen LogP contribution in [0.3, 0.4) is 0 Å². The van der Waals surface area contributed by atoms with E-state index in [2.05, 4.69) is 15.5 Å². The number of ether oxygens (including phenoxy) is 2. The molecule has 1 N–H and O–H groups in total. The minimum atomic E-state index is -0.366. The average molecular weight is 477 g/mol. The van der Waals surface area contributed by atoms with Crippen LogP contribution in [0.1, 0.15) is 0 Å². The molecule has 3 aromatic carbocycles. The first-order valence-corrected chi connectivity index (χ1v) is 11.3. The zero-order chi connectivity index (χ0) is 23.9. The topological polar surface area (TPSA) is 86.2 Å². The zero-order valence-corrected chi connectivity index (χ0v) is 19.3. The fourth-order valence-electron chi connectivity index (χ4n) is 3.13. The molecule has 9 heteroatoms. The van der Waals surface area contributed by atoms with Crippen molar-refractivity contribution >= 4 is 23.4 Å². The van der Waals surface area contributed by atoms with Crippen LogP contribution in [0, 0.1) is 5.82 Å². The summed E-state index contributed by atoms with van der Waals surface area (Å²) in [6.45, 7) is 0. The molecular formula is C25H21FN4O3S. The van der Waals surface area contributed by atoms with Gasteiger partial charge in [-0.25, -0.2) is 9.37 Å². The SMILES string of the molecule is COc1ccc(-c2nnc(SCC(=O)Nc3ccc(F)cc3)nc2-c2ccc(OC)cc2)cc1. The highest BCUT2D eigenvalue weighted by Gasteiger charge is 2.15. The van der Waals surface area contributed by atoms with Crippen LogP contribution in [0.5, 0.6) is 11.5 Å². The summed E-state index contributed by atoms with van der Waals surface area (Å²) in [6, 6.07) is 20.5. The zero-order valence-electron chi connectivity index (χ0n) is 18.5. The lowest BCUT2D eigenvalue weighted by molar-refractivity contribution is -0.113. The monoisotopic (exact) mass is 476 g/mol. The van der Waals surface area contributed by atoms with Crippen LogP contribution in [0.15, 0.2) is 78.0 Å². The van der Waals surface area contributed by atoms with Gasteiger partial charge in [0.1, 0.15) is 28.7 Å². The Morgan fingerprint density at radius 1 is 0.824 bits per heavy atom. The third-order valence-corrected chi connectivity index (χ3v) is 5.69. The number of benzene rings is 3. The number of nitrogens with zero attached hydrogens (tertiary/aromatic N) is 3. The van der Waals surface area contributed by atoms with Crippen LogP contribution in [0.2, 0.25) is 0 Å². The fourth-order valence-corrected chi connectivity index (χ4v) is 3.71. The number of halogens is 1. The Labute approximate surface area is 200 Å². The second-order valence-electron chi connectivity index (χ2n) is 7.09. The lowest BCUT2D eigenvalue weighted by atomic mass is 10.0. The van der Waals surface area contributed by atoms with Crippen LogP contribution in [0.4, 0.5) is 10.1 Å². The number of nitrogens with one attached hydrogen (secondary N) is 1. The molecule has 0 spiro atoms. The second kappa shape index (κ2) is 10.8. The maximum Gasteiger partial charge on any atom is 0.234 e. The average Bonchev–Trinajstić information content (AvgIpc) is 2.89. The van der Waals surface area contributed by atoms with Gasteiger partial charge in [0.15, 0.2) is 0 Å². The number of carbonyl (C=O) groups is 1. The van der Waals surface area contributed by atoms with Crippen LogP contribution >= 0.6 is 11.8 Å². The Balaban J connectivity index is 1.58. The predicted octanol–water partition coefficient (Wildman–Crippen LogP) is 5.09. The first kappa shape index (κ1) is 23.2. The third kappa shape index (κ3) is 5.68. The minimum absolute atomic E-state index is 0.0724. The van der Waals surface area contributed by atoms with Crippen molar-refractivity contribution < 1.29 is 18.7 Å². The van der Waals surface area contributed by atoms with Gasteiger partial charge in [-0.1, -0.05) is 11.8 Å². The van der Waals surface area contributed by atoms with Gasteiger partial charge in [0.2, 0.25) is 11.1 Å². The van der Waals surface area contributed by atoms with Crippen molar-refractivity contribution in [3.8, 4) is 34.0 Å². The molecule has 0 unspecified atom stereocenters. The molecule has 34 heavy (non-hydrogen) atoms. The van der Waals surface area contributed by atoms with E-state index in [4.69, 9.17) is 14.5 Å². The number of hydrogen-bond donors (Lipinski definition) is 1. The predicted molar refractivity (Wildman–Crippen MR) is 130 cm³/mol. The maximum atomic E-state index is 13.1. The molecule has 0 saturated heterocycles. The third-order valence-electron chi connectivity index (χ3n) is 4.85. The Morgan fingerprint density at radius 3 is 1.94 bits per heavy atom. The summed E-state index contributed by atoms with van der Waals surface area (Å²) in [5, 5.41) is 11.7. The quantitative estimate of drug-likeness (QED) is 0.354. The van der Waals surface area contributed by atoms with E-state index in [1.807, 2.05) is 48.5 Å².